The molecular weight excluding hydrogens is 397 g/mol. The SMILES string of the molecule is CCNC(=NCC1CCS(=O)(=O)C1)NCCSC.I. The van der Waals surface area contributed by atoms with Gasteiger partial charge in [-0.05, 0) is 25.5 Å². The molecule has 0 radical (unpaired) electrons. The first-order valence-electron chi connectivity index (χ1n) is 6.29. The van der Waals surface area contributed by atoms with Crippen molar-refractivity contribution in [2.45, 2.75) is 13.3 Å². The highest BCUT2D eigenvalue weighted by Crippen LogP contribution is 2.18. The molecule has 1 unspecified atom stereocenters. The lowest BCUT2D eigenvalue weighted by Crippen LogP contribution is -2.38. The van der Waals surface area contributed by atoms with Gasteiger partial charge in [0.1, 0.15) is 0 Å². The average molecular weight is 421 g/mol. The Hall–Kier alpha value is 0.300. The third-order valence-corrected chi connectivity index (χ3v) is 5.23. The first-order valence-corrected chi connectivity index (χ1v) is 9.50. The van der Waals surface area contributed by atoms with E-state index in [1.807, 2.05) is 6.92 Å². The summed E-state index contributed by atoms with van der Waals surface area (Å²) in [6, 6.07) is 0. The summed E-state index contributed by atoms with van der Waals surface area (Å²) in [7, 11) is -2.79. The summed E-state index contributed by atoms with van der Waals surface area (Å²) in [6.45, 7) is 4.30. The number of nitrogens with zero attached hydrogens (tertiary/aromatic N) is 1. The molecule has 0 bridgehead atoms. The third kappa shape index (κ3) is 8.23. The Morgan fingerprint density at radius 2 is 2.16 bits per heavy atom. The van der Waals surface area contributed by atoms with Gasteiger partial charge in [-0.2, -0.15) is 11.8 Å². The van der Waals surface area contributed by atoms with Crippen LogP contribution in [0, 0.1) is 5.92 Å². The molecule has 114 valence electrons. The molecule has 1 rings (SSSR count). The van der Waals surface area contributed by atoms with Crippen molar-refractivity contribution in [3.8, 4) is 0 Å². The lowest BCUT2D eigenvalue weighted by Gasteiger charge is -2.11. The normalized spacial score (nSPS) is 21.8. The highest BCUT2D eigenvalue weighted by molar-refractivity contribution is 14.0. The fourth-order valence-electron chi connectivity index (χ4n) is 1.85. The third-order valence-electron chi connectivity index (χ3n) is 2.78. The Kier molecular flexibility index (Phi) is 10.2. The number of hydrogen-bond acceptors (Lipinski definition) is 4. The number of thioether (sulfide) groups is 1. The Bertz CT molecular complexity index is 374. The van der Waals surface area contributed by atoms with E-state index >= 15 is 0 Å². The zero-order valence-electron chi connectivity index (χ0n) is 11.5. The van der Waals surface area contributed by atoms with Gasteiger partial charge < -0.3 is 10.6 Å². The van der Waals surface area contributed by atoms with Crippen molar-refractivity contribution < 1.29 is 8.42 Å². The number of sulfone groups is 1. The quantitative estimate of drug-likeness (QED) is 0.289. The largest absolute Gasteiger partial charge is 0.357 e. The predicted molar refractivity (Wildman–Crippen MR) is 94.5 cm³/mol. The van der Waals surface area contributed by atoms with E-state index in [0.717, 1.165) is 31.2 Å². The van der Waals surface area contributed by atoms with Gasteiger partial charge in [0, 0.05) is 25.4 Å². The molecule has 5 nitrogen and oxygen atoms in total. The molecule has 1 heterocycles. The summed E-state index contributed by atoms with van der Waals surface area (Å²) < 4.78 is 22.7. The van der Waals surface area contributed by atoms with Gasteiger partial charge in [0.2, 0.25) is 0 Å². The second-order valence-corrected chi connectivity index (χ2v) is 7.62. The van der Waals surface area contributed by atoms with Crippen LogP contribution in [0.5, 0.6) is 0 Å². The van der Waals surface area contributed by atoms with Crippen molar-refractivity contribution in [2.24, 2.45) is 10.9 Å². The molecule has 1 saturated heterocycles. The number of halogens is 1. The van der Waals surface area contributed by atoms with Crippen molar-refractivity contribution in [3.05, 3.63) is 0 Å². The first-order chi connectivity index (χ1) is 8.57. The van der Waals surface area contributed by atoms with Gasteiger partial charge in [0.05, 0.1) is 11.5 Å². The van der Waals surface area contributed by atoms with E-state index in [2.05, 4.69) is 21.9 Å². The Balaban J connectivity index is 0.00000324. The summed E-state index contributed by atoms with van der Waals surface area (Å²) in [6.07, 6.45) is 2.81. The van der Waals surface area contributed by atoms with Crippen LogP contribution in [0.2, 0.25) is 0 Å². The fourth-order valence-corrected chi connectivity index (χ4v) is 4.01. The highest BCUT2D eigenvalue weighted by atomic mass is 127. The van der Waals surface area contributed by atoms with Crippen LogP contribution in [0.4, 0.5) is 0 Å². The zero-order chi connectivity index (χ0) is 13.4. The van der Waals surface area contributed by atoms with Crippen LogP contribution in [-0.4, -0.2) is 57.5 Å². The van der Waals surface area contributed by atoms with Crippen LogP contribution in [0.25, 0.3) is 0 Å². The molecule has 19 heavy (non-hydrogen) atoms. The van der Waals surface area contributed by atoms with Gasteiger partial charge in [-0.15, -0.1) is 24.0 Å². The molecule has 0 aromatic heterocycles. The van der Waals surface area contributed by atoms with Gasteiger partial charge in [-0.1, -0.05) is 0 Å². The maximum absolute atomic E-state index is 11.3. The van der Waals surface area contributed by atoms with Crippen molar-refractivity contribution >= 4 is 51.5 Å². The van der Waals surface area contributed by atoms with E-state index in [0.29, 0.717) is 18.1 Å². The van der Waals surface area contributed by atoms with Crippen LogP contribution in [-0.2, 0) is 9.84 Å². The van der Waals surface area contributed by atoms with E-state index < -0.39 is 9.84 Å². The number of guanidine groups is 1. The molecule has 8 heteroatoms. The molecule has 0 spiro atoms. The van der Waals surface area contributed by atoms with E-state index in [9.17, 15) is 8.42 Å². The van der Waals surface area contributed by atoms with Crippen molar-refractivity contribution in [1.29, 1.82) is 0 Å². The summed E-state index contributed by atoms with van der Waals surface area (Å²) in [5.41, 5.74) is 0. The molecule has 1 atom stereocenters. The average Bonchev–Trinajstić information content (AvgIpc) is 2.66. The maximum Gasteiger partial charge on any atom is 0.191 e. The number of hydrogen-bond donors (Lipinski definition) is 2. The van der Waals surface area contributed by atoms with Gasteiger partial charge in [-0.3, -0.25) is 4.99 Å². The Morgan fingerprint density at radius 1 is 1.42 bits per heavy atom. The smallest absolute Gasteiger partial charge is 0.191 e. The second-order valence-electron chi connectivity index (χ2n) is 4.41. The lowest BCUT2D eigenvalue weighted by atomic mass is 10.1. The zero-order valence-corrected chi connectivity index (χ0v) is 15.5. The second kappa shape index (κ2) is 10.1. The van der Waals surface area contributed by atoms with Gasteiger partial charge in [-0.25, -0.2) is 8.42 Å². The molecular formula is C11H24IN3O2S2. The predicted octanol–water partition coefficient (Wildman–Crippen LogP) is 0.957. The molecule has 2 N–H and O–H groups in total. The first kappa shape index (κ1) is 19.3. The van der Waals surface area contributed by atoms with E-state index in [1.165, 1.54) is 0 Å². The molecule has 0 aliphatic carbocycles. The summed E-state index contributed by atoms with van der Waals surface area (Å²) in [4.78, 5) is 4.45. The molecule has 0 saturated carbocycles. The highest BCUT2D eigenvalue weighted by Gasteiger charge is 2.27. The molecule has 1 aliphatic rings. The number of rotatable bonds is 6. The maximum atomic E-state index is 11.3. The molecule has 0 aromatic carbocycles. The monoisotopic (exact) mass is 421 g/mol. The Morgan fingerprint density at radius 3 is 2.68 bits per heavy atom. The number of aliphatic imine (C=N–C) groups is 1. The lowest BCUT2D eigenvalue weighted by molar-refractivity contribution is 0.590. The topological polar surface area (TPSA) is 70.6 Å². The van der Waals surface area contributed by atoms with Crippen LogP contribution >= 0.6 is 35.7 Å². The summed E-state index contributed by atoms with van der Waals surface area (Å²) >= 11 is 1.78. The Labute approximate surface area is 137 Å². The van der Waals surface area contributed by atoms with Crippen molar-refractivity contribution in [3.63, 3.8) is 0 Å². The van der Waals surface area contributed by atoms with Gasteiger partial charge in [0.15, 0.2) is 15.8 Å². The van der Waals surface area contributed by atoms with Gasteiger partial charge >= 0.3 is 0 Å². The van der Waals surface area contributed by atoms with Crippen molar-refractivity contribution in [1.82, 2.24) is 10.6 Å². The molecule has 1 fully saturated rings. The van der Waals surface area contributed by atoms with E-state index in [4.69, 9.17) is 0 Å². The minimum absolute atomic E-state index is 0. The molecule has 0 aromatic rings. The molecule has 1 aliphatic heterocycles. The van der Waals surface area contributed by atoms with E-state index in [-0.39, 0.29) is 29.9 Å². The number of nitrogens with one attached hydrogen (secondary N) is 2. The van der Waals surface area contributed by atoms with Crippen LogP contribution in [0.3, 0.4) is 0 Å². The standard InChI is InChI=1S/C11H23N3O2S2.HI/c1-3-12-11(13-5-6-17-2)14-8-10-4-7-18(15,16)9-10;/h10H,3-9H2,1-2H3,(H2,12,13,14);1H. The minimum atomic E-state index is -2.79. The van der Waals surface area contributed by atoms with Crippen LogP contribution < -0.4 is 10.6 Å². The fraction of sp³-hybridized carbons (Fsp3) is 0.909. The summed E-state index contributed by atoms with van der Waals surface area (Å²) in [5.74, 6) is 2.62. The molecule has 0 amide bonds. The van der Waals surface area contributed by atoms with Gasteiger partial charge in [0.25, 0.3) is 0 Å². The van der Waals surface area contributed by atoms with Crippen LogP contribution in [0.15, 0.2) is 4.99 Å². The van der Waals surface area contributed by atoms with Crippen LogP contribution in [0.1, 0.15) is 13.3 Å². The van der Waals surface area contributed by atoms with Crippen molar-refractivity contribution in [2.75, 3.05) is 43.1 Å². The minimum Gasteiger partial charge on any atom is -0.357 e. The van der Waals surface area contributed by atoms with E-state index in [1.54, 1.807) is 11.8 Å². The summed E-state index contributed by atoms with van der Waals surface area (Å²) in [5, 5.41) is 6.40.